The first-order valence-electron chi connectivity index (χ1n) is 8.54. The van der Waals surface area contributed by atoms with Crippen molar-refractivity contribution in [3.05, 3.63) is 29.3 Å². The highest BCUT2D eigenvalue weighted by molar-refractivity contribution is 6.10. The maximum atomic E-state index is 12.8. The number of amides is 2. The topological polar surface area (TPSA) is 49.4 Å². The van der Waals surface area contributed by atoms with Crippen LogP contribution in [0.4, 0.5) is 5.69 Å². The lowest BCUT2D eigenvalue weighted by atomic mass is 9.89. The van der Waals surface area contributed by atoms with Gasteiger partial charge in [0.05, 0.1) is 0 Å². The molecule has 4 heteroatoms. The number of para-hydroxylation sites is 1. The molecule has 0 aliphatic rings. The number of aryl methyl sites for hydroxylation is 2. The van der Waals surface area contributed by atoms with E-state index in [1.54, 1.807) is 18.7 Å². The number of nitrogens with one attached hydrogen (secondary N) is 1. The largest absolute Gasteiger partial charge is 0.342 e. The number of rotatable bonds is 7. The van der Waals surface area contributed by atoms with Crippen LogP contribution in [-0.2, 0) is 22.4 Å². The normalized spacial score (nSPS) is 11.2. The van der Waals surface area contributed by atoms with E-state index in [0.29, 0.717) is 13.1 Å². The monoisotopic (exact) mass is 318 g/mol. The number of carbonyl (C=O) groups is 2. The zero-order valence-electron chi connectivity index (χ0n) is 15.3. The first-order valence-corrected chi connectivity index (χ1v) is 8.54. The lowest BCUT2D eigenvalue weighted by Gasteiger charge is -2.30. The van der Waals surface area contributed by atoms with Gasteiger partial charge in [0.2, 0.25) is 11.8 Å². The van der Waals surface area contributed by atoms with Crippen LogP contribution in [0.15, 0.2) is 18.2 Å². The molecular weight excluding hydrogens is 288 g/mol. The third kappa shape index (κ3) is 4.12. The molecule has 0 spiro atoms. The zero-order valence-corrected chi connectivity index (χ0v) is 15.3. The predicted molar refractivity (Wildman–Crippen MR) is 95.5 cm³/mol. The highest BCUT2D eigenvalue weighted by Gasteiger charge is 2.38. The lowest BCUT2D eigenvalue weighted by Crippen LogP contribution is -2.47. The second-order valence-electron chi connectivity index (χ2n) is 6.21. The third-order valence-electron chi connectivity index (χ3n) is 4.39. The Hall–Kier alpha value is -1.84. The fourth-order valence-electron chi connectivity index (χ4n) is 2.68. The summed E-state index contributed by atoms with van der Waals surface area (Å²) in [4.78, 5) is 27.1. The Morgan fingerprint density at radius 1 is 1.00 bits per heavy atom. The van der Waals surface area contributed by atoms with Crippen molar-refractivity contribution < 1.29 is 9.59 Å². The van der Waals surface area contributed by atoms with Gasteiger partial charge in [-0.25, -0.2) is 0 Å². The molecule has 0 unspecified atom stereocenters. The minimum absolute atomic E-state index is 0.132. The van der Waals surface area contributed by atoms with Gasteiger partial charge in [-0.2, -0.15) is 0 Å². The highest BCUT2D eigenvalue weighted by atomic mass is 16.2. The summed E-state index contributed by atoms with van der Waals surface area (Å²) in [7, 11) is 0. The van der Waals surface area contributed by atoms with Gasteiger partial charge in [-0.1, -0.05) is 32.0 Å². The third-order valence-corrected chi connectivity index (χ3v) is 4.39. The summed E-state index contributed by atoms with van der Waals surface area (Å²) in [6.45, 7) is 12.6. The molecule has 0 bridgehead atoms. The Bertz CT molecular complexity index is 538. The van der Waals surface area contributed by atoms with Crippen LogP contribution in [0.5, 0.6) is 0 Å². The molecule has 2 amide bonds. The highest BCUT2D eigenvalue weighted by Crippen LogP contribution is 2.27. The molecule has 4 nitrogen and oxygen atoms in total. The molecule has 0 aliphatic heterocycles. The molecule has 0 saturated carbocycles. The van der Waals surface area contributed by atoms with Gasteiger partial charge >= 0.3 is 0 Å². The minimum atomic E-state index is -1.09. The molecule has 23 heavy (non-hydrogen) atoms. The molecule has 0 saturated heterocycles. The fraction of sp³-hybridized carbons (Fsp3) is 0.579. The van der Waals surface area contributed by atoms with E-state index in [4.69, 9.17) is 0 Å². The summed E-state index contributed by atoms with van der Waals surface area (Å²) in [5, 5.41) is 3.02. The first kappa shape index (κ1) is 19.2. The first-order chi connectivity index (χ1) is 10.8. The van der Waals surface area contributed by atoms with Gasteiger partial charge in [0, 0.05) is 18.8 Å². The summed E-state index contributed by atoms with van der Waals surface area (Å²) >= 11 is 0. The van der Waals surface area contributed by atoms with Crippen LogP contribution >= 0.6 is 0 Å². The number of nitrogens with zero attached hydrogens (tertiary/aromatic N) is 1. The fourth-order valence-corrected chi connectivity index (χ4v) is 2.68. The van der Waals surface area contributed by atoms with E-state index in [1.807, 2.05) is 32.0 Å². The van der Waals surface area contributed by atoms with E-state index in [1.165, 1.54) is 0 Å². The Morgan fingerprint density at radius 3 is 1.87 bits per heavy atom. The molecule has 0 aliphatic carbocycles. The maximum absolute atomic E-state index is 12.8. The van der Waals surface area contributed by atoms with Gasteiger partial charge in [-0.15, -0.1) is 0 Å². The van der Waals surface area contributed by atoms with E-state index < -0.39 is 5.41 Å². The number of hydrogen-bond acceptors (Lipinski definition) is 2. The van der Waals surface area contributed by atoms with Crippen molar-refractivity contribution in [2.24, 2.45) is 5.41 Å². The smallest absolute Gasteiger partial charge is 0.239 e. The zero-order chi connectivity index (χ0) is 17.6. The summed E-state index contributed by atoms with van der Waals surface area (Å²) in [5.41, 5.74) is 1.98. The Balaban J connectivity index is 3.10. The Morgan fingerprint density at radius 2 is 1.48 bits per heavy atom. The summed E-state index contributed by atoms with van der Waals surface area (Å²) in [6, 6.07) is 6.06. The van der Waals surface area contributed by atoms with E-state index in [9.17, 15) is 9.59 Å². The van der Waals surface area contributed by atoms with E-state index in [2.05, 4.69) is 19.2 Å². The average Bonchev–Trinajstić information content (AvgIpc) is 2.55. The number of hydrogen-bond donors (Lipinski definition) is 1. The van der Waals surface area contributed by atoms with Crippen LogP contribution in [0.3, 0.4) is 0 Å². The maximum Gasteiger partial charge on any atom is 0.239 e. The van der Waals surface area contributed by atoms with Crippen molar-refractivity contribution in [1.29, 1.82) is 0 Å². The van der Waals surface area contributed by atoms with Crippen molar-refractivity contribution in [2.45, 2.75) is 54.4 Å². The van der Waals surface area contributed by atoms with Crippen LogP contribution in [0.2, 0.25) is 0 Å². The van der Waals surface area contributed by atoms with Gasteiger partial charge < -0.3 is 10.2 Å². The molecule has 0 aromatic heterocycles. The number of benzene rings is 1. The lowest BCUT2D eigenvalue weighted by molar-refractivity contribution is -0.146. The van der Waals surface area contributed by atoms with Crippen molar-refractivity contribution in [3.8, 4) is 0 Å². The summed E-state index contributed by atoms with van der Waals surface area (Å²) in [5.74, 6) is -0.378. The van der Waals surface area contributed by atoms with Gasteiger partial charge in [-0.05, 0) is 51.7 Å². The van der Waals surface area contributed by atoms with Crippen molar-refractivity contribution in [2.75, 3.05) is 18.4 Å². The van der Waals surface area contributed by atoms with E-state index >= 15 is 0 Å². The Labute approximate surface area is 140 Å². The summed E-state index contributed by atoms with van der Waals surface area (Å²) in [6.07, 6.45) is 1.68. The average molecular weight is 318 g/mol. The second kappa shape index (κ2) is 8.14. The van der Waals surface area contributed by atoms with Crippen LogP contribution in [0.1, 0.15) is 52.7 Å². The molecule has 1 aromatic carbocycles. The van der Waals surface area contributed by atoms with Crippen LogP contribution < -0.4 is 5.32 Å². The molecule has 1 aromatic rings. The van der Waals surface area contributed by atoms with Crippen LogP contribution in [0.25, 0.3) is 0 Å². The van der Waals surface area contributed by atoms with Crippen molar-refractivity contribution in [3.63, 3.8) is 0 Å². The SMILES string of the molecule is CCc1cccc(CC)c1NC(=O)C(C)(C)C(=O)N(CC)CC. The standard InChI is InChI=1S/C19H30N2O2/c1-7-14-12-11-13-15(8-2)16(14)20-17(22)19(5,6)18(23)21(9-3)10-4/h11-13H,7-10H2,1-6H3,(H,20,22). The second-order valence-corrected chi connectivity index (χ2v) is 6.21. The van der Waals surface area contributed by atoms with E-state index in [0.717, 1.165) is 29.7 Å². The van der Waals surface area contributed by atoms with Gasteiger partial charge in [-0.3, -0.25) is 9.59 Å². The quantitative estimate of drug-likeness (QED) is 0.780. The Kier molecular flexibility index (Phi) is 6.79. The van der Waals surface area contributed by atoms with Crippen LogP contribution in [-0.4, -0.2) is 29.8 Å². The number of carbonyl (C=O) groups excluding carboxylic acids is 2. The molecule has 1 rings (SSSR count). The van der Waals surface area contributed by atoms with Crippen LogP contribution in [0, 0.1) is 5.41 Å². The molecule has 1 N–H and O–H groups in total. The molecule has 0 fully saturated rings. The molecule has 0 atom stereocenters. The minimum Gasteiger partial charge on any atom is -0.342 e. The molecule has 128 valence electrons. The molecule has 0 heterocycles. The van der Waals surface area contributed by atoms with Gasteiger partial charge in [0.25, 0.3) is 0 Å². The van der Waals surface area contributed by atoms with Gasteiger partial charge in [0.15, 0.2) is 0 Å². The van der Waals surface area contributed by atoms with E-state index in [-0.39, 0.29) is 11.8 Å². The summed E-state index contributed by atoms with van der Waals surface area (Å²) < 4.78 is 0. The number of anilines is 1. The molecule has 0 radical (unpaired) electrons. The van der Waals surface area contributed by atoms with Crippen molar-refractivity contribution >= 4 is 17.5 Å². The van der Waals surface area contributed by atoms with Gasteiger partial charge in [0.1, 0.15) is 5.41 Å². The van der Waals surface area contributed by atoms with Crippen molar-refractivity contribution in [1.82, 2.24) is 4.90 Å². The molecular formula is C19H30N2O2. The predicted octanol–water partition coefficient (Wildman–Crippen LogP) is 3.64.